The third-order valence-corrected chi connectivity index (χ3v) is 6.51. The molecule has 0 spiro atoms. The number of sulfonamides is 1. The number of fused-ring (bicyclic) bond motifs is 1. The van der Waals surface area contributed by atoms with Gasteiger partial charge in [0.15, 0.2) is 0 Å². The standard InChI is InChI=1S/C18H21N3O3S/c1-18(2)15-12-14(4-5-16(15)20-17(18)22)25(23,24)21(3)11-8-13-6-9-19-10-7-13/h4-7,9-10,12H,8,11H2,1-3H3,(H,20,22). The Bertz CT molecular complexity index is 908. The maximum absolute atomic E-state index is 12.9. The number of carbonyl (C=O) groups is 1. The topological polar surface area (TPSA) is 79.4 Å². The average Bonchev–Trinajstić information content (AvgIpc) is 2.82. The molecule has 1 aromatic carbocycles. The first-order chi connectivity index (χ1) is 11.7. The Morgan fingerprint density at radius 2 is 1.84 bits per heavy atom. The second-order valence-electron chi connectivity index (χ2n) is 6.72. The van der Waals surface area contributed by atoms with Gasteiger partial charge >= 0.3 is 0 Å². The minimum Gasteiger partial charge on any atom is -0.325 e. The maximum Gasteiger partial charge on any atom is 0.242 e. The fraction of sp³-hybridized carbons (Fsp3) is 0.333. The number of pyridine rings is 1. The molecule has 1 aliphatic heterocycles. The molecule has 1 aliphatic rings. The number of carbonyl (C=O) groups excluding carboxylic acids is 1. The largest absolute Gasteiger partial charge is 0.325 e. The van der Waals surface area contributed by atoms with Crippen LogP contribution in [-0.2, 0) is 26.7 Å². The lowest BCUT2D eigenvalue weighted by molar-refractivity contribution is -0.119. The van der Waals surface area contributed by atoms with Crippen molar-refractivity contribution >= 4 is 21.6 Å². The van der Waals surface area contributed by atoms with Gasteiger partial charge in [0.2, 0.25) is 15.9 Å². The Labute approximate surface area is 147 Å². The lowest BCUT2D eigenvalue weighted by Crippen LogP contribution is -2.30. The molecule has 0 saturated heterocycles. The quantitative estimate of drug-likeness (QED) is 0.887. The molecule has 2 aromatic rings. The smallest absolute Gasteiger partial charge is 0.242 e. The zero-order valence-corrected chi connectivity index (χ0v) is 15.3. The van der Waals surface area contributed by atoms with E-state index in [9.17, 15) is 13.2 Å². The fourth-order valence-electron chi connectivity index (χ4n) is 2.85. The Hall–Kier alpha value is -2.25. The van der Waals surface area contributed by atoms with Gasteiger partial charge in [-0.2, -0.15) is 0 Å². The van der Waals surface area contributed by atoms with Crippen molar-refractivity contribution in [3.8, 4) is 0 Å². The molecule has 7 heteroatoms. The number of hydrogen-bond donors (Lipinski definition) is 1. The van der Waals surface area contributed by atoms with Crippen LogP contribution in [0.3, 0.4) is 0 Å². The van der Waals surface area contributed by atoms with Gasteiger partial charge in [0.1, 0.15) is 0 Å². The minimum atomic E-state index is -3.62. The van der Waals surface area contributed by atoms with Crippen LogP contribution in [0.25, 0.3) is 0 Å². The monoisotopic (exact) mass is 359 g/mol. The van der Waals surface area contributed by atoms with E-state index in [1.165, 1.54) is 4.31 Å². The number of anilines is 1. The number of aromatic nitrogens is 1. The van der Waals surface area contributed by atoms with Gasteiger partial charge in [0.05, 0.1) is 10.3 Å². The molecule has 0 unspecified atom stereocenters. The molecule has 25 heavy (non-hydrogen) atoms. The fourth-order valence-corrected chi connectivity index (χ4v) is 4.05. The highest BCUT2D eigenvalue weighted by molar-refractivity contribution is 7.89. The van der Waals surface area contributed by atoms with Crippen LogP contribution >= 0.6 is 0 Å². The van der Waals surface area contributed by atoms with Gasteiger partial charge in [-0.25, -0.2) is 12.7 Å². The first-order valence-electron chi connectivity index (χ1n) is 8.04. The Kier molecular flexibility index (Phi) is 4.38. The highest BCUT2D eigenvalue weighted by atomic mass is 32.2. The van der Waals surface area contributed by atoms with Gasteiger partial charge in [-0.05, 0) is 61.7 Å². The van der Waals surface area contributed by atoms with E-state index < -0.39 is 15.4 Å². The molecule has 3 rings (SSSR count). The summed E-state index contributed by atoms with van der Waals surface area (Å²) in [6.45, 7) is 3.94. The summed E-state index contributed by atoms with van der Waals surface area (Å²) >= 11 is 0. The number of amides is 1. The Morgan fingerprint density at radius 3 is 2.52 bits per heavy atom. The van der Waals surface area contributed by atoms with E-state index >= 15 is 0 Å². The van der Waals surface area contributed by atoms with E-state index in [2.05, 4.69) is 10.3 Å². The SMILES string of the molecule is CN(CCc1ccncc1)S(=O)(=O)c1ccc2c(c1)C(C)(C)C(=O)N2. The van der Waals surface area contributed by atoms with Gasteiger partial charge in [-0.1, -0.05) is 0 Å². The number of rotatable bonds is 5. The van der Waals surface area contributed by atoms with E-state index in [4.69, 9.17) is 0 Å². The van der Waals surface area contributed by atoms with Crippen molar-refractivity contribution in [1.82, 2.24) is 9.29 Å². The molecule has 0 saturated carbocycles. The molecule has 0 radical (unpaired) electrons. The highest BCUT2D eigenvalue weighted by Gasteiger charge is 2.39. The molecule has 6 nitrogen and oxygen atoms in total. The van der Waals surface area contributed by atoms with Crippen molar-refractivity contribution in [2.75, 3.05) is 18.9 Å². The van der Waals surface area contributed by atoms with Gasteiger partial charge < -0.3 is 5.32 Å². The lowest BCUT2D eigenvalue weighted by atomic mass is 9.86. The molecule has 1 amide bonds. The number of nitrogens with one attached hydrogen (secondary N) is 1. The van der Waals surface area contributed by atoms with E-state index in [1.807, 2.05) is 12.1 Å². The maximum atomic E-state index is 12.9. The van der Waals surface area contributed by atoms with Crippen molar-refractivity contribution < 1.29 is 13.2 Å². The second kappa shape index (κ2) is 6.24. The van der Waals surface area contributed by atoms with E-state index in [0.29, 0.717) is 24.2 Å². The van der Waals surface area contributed by atoms with Crippen LogP contribution in [0.1, 0.15) is 25.0 Å². The van der Waals surface area contributed by atoms with Crippen molar-refractivity contribution in [3.63, 3.8) is 0 Å². The van der Waals surface area contributed by atoms with Crippen LogP contribution in [-0.4, -0.2) is 37.2 Å². The van der Waals surface area contributed by atoms with Crippen molar-refractivity contribution in [1.29, 1.82) is 0 Å². The Morgan fingerprint density at radius 1 is 1.16 bits per heavy atom. The first-order valence-corrected chi connectivity index (χ1v) is 9.48. The summed E-state index contributed by atoms with van der Waals surface area (Å²) in [6, 6.07) is 8.54. The van der Waals surface area contributed by atoms with Gasteiger partial charge in [0.25, 0.3) is 0 Å². The van der Waals surface area contributed by atoms with Crippen molar-refractivity contribution in [3.05, 3.63) is 53.9 Å². The summed E-state index contributed by atoms with van der Waals surface area (Å²) in [4.78, 5) is 16.2. The zero-order valence-electron chi connectivity index (χ0n) is 14.5. The molecule has 0 bridgehead atoms. The summed E-state index contributed by atoms with van der Waals surface area (Å²) in [6.07, 6.45) is 3.99. The third kappa shape index (κ3) is 3.17. The summed E-state index contributed by atoms with van der Waals surface area (Å²) in [5.74, 6) is -0.122. The third-order valence-electron chi connectivity index (χ3n) is 4.65. The van der Waals surface area contributed by atoms with Crippen LogP contribution in [0.15, 0.2) is 47.6 Å². The molecule has 1 N–H and O–H groups in total. The van der Waals surface area contributed by atoms with Crippen molar-refractivity contribution in [2.45, 2.75) is 30.6 Å². The molecule has 0 fully saturated rings. The molecule has 0 aliphatic carbocycles. The summed E-state index contributed by atoms with van der Waals surface area (Å²) < 4.78 is 27.0. The Balaban J connectivity index is 1.83. The van der Waals surface area contributed by atoms with Crippen LogP contribution < -0.4 is 5.32 Å². The number of likely N-dealkylation sites (N-methyl/N-ethyl adjacent to an activating group) is 1. The zero-order chi connectivity index (χ0) is 18.2. The van der Waals surface area contributed by atoms with Crippen LogP contribution in [0.2, 0.25) is 0 Å². The predicted molar refractivity (Wildman–Crippen MR) is 95.9 cm³/mol. The molecular weight excluding hydrogens is 338 g/mol. The van der Waals surface area contributed by atoms with Gasteiger partial charge in [-0.3, -0.25) is 9.78 Å². The minimum absolute atomic E-state index is 0.122. The van der Waals surface area contributed by atoms with Gasteiger partial charge in [-0.15, -0.1) is 0 Å². The summed E-state index contributed by atoms with van der Waals surface area (Å²) in [5, 5.41) is 2.79. The molecule has 1 aromatic heterocycles. The summed E-state index contributed by atoms with van der Waals surface area (Å²) in [7, 11) is -2.05. The molecule has 2 heterocycles. The van der Waals surface area contributed by atoms with Crippen LogP contribution in [0.5, 0.6) is 0 Å². The normalized spacial score (nSPS) is 15.9. The second-order valence-corrected chi connectivity index (χ2v) is 8.76. The van der Waals surface area contributed by atoms with E-state index in [-0.39, 0.29) is 10.8 Å². The highest BCUT2D eigenvalue weighted by Crippen LogP contribution is 2.38. The first kappa shape index (κ1) is 17.6. The van der Waals surface area contributed by atoms with Crippen molar-refractivity contribution in [2.24, 2.45) is 0 Å². The van der Waals surface area contributed by atoms with Crippen LogP contribution in [0.4, 0.5) is 5.69 Å². The average molecular weight is 359 g/mol. The number of benzene rings is 1. The van der Waals surface area contributed by atoms with Gasteiger partial charge in [0, 0.05) is 31.7 Å². The lowest BCUT2D eigenvalue weighted by Gasteiger charge is -2.19. The molecule has 132 valence electrons. The van der Waals surface area contributed by atoms with E-state index in [1.54, 1.807) is 51.5 Å². The molecule has 0 atom stereocenters. The summed E-state index contributed by atoms with van der Waals surface area (Å²) in [5.41, 5.74) is 1.67. The van der Waals surface area contributed by atoms with E-state index in [0.717, 1.165) is 5.56 Å². The number of hydrogen-bond acceptors (Lipinski definition) is 4. The molecular formula is C18H21N3O3S. The predicted octanol–water partition coefficient (Wildman–Crippen LogP) is 2.17. The number of nitrogens with zero attached hydrogens (tertiary/aromatic N) is 2. The van der Waals surface area contributed by atoms with Crippen LogP contribution in [0, 0.1) is 0 Å².